The molecule has 1 rings (SSSR count). The smallest absolute Gasteiger partial charge is 0.120 e. The van der Waals surface area contributed by atoms with Crippen molar-refractivity contribution < 1.29 is 4.74 Å². The number of benzene rings is 1. The van der Waals surface area contributed by atoms with Crippen LogP contribution in [0, 0.1) is 0 Å². The van der Waals surface area contributed by atoms with Crippen LogP contribution in [0.1, 0.15) is 53.5 Å². The molecule has 0 bridgehead atoms. The second-order valence-corrected chi connectivity index (χ2v) is 5.99. The predicted octanol–water partition coefficient (Wildman–Crippen LogP) is 4.55. The summed E-state index contributed by atoms with van der Waals surface area (Å²) in [6.07, 6.45) is 1.01. The largest absolute Gasteiger partial charge is 0.488 e. The fourth-order valence-corrected chi connectivity index (χ4v) is 1.41. The maximum Gasteiger partial charge on any atom is 0.120 e. The van der Waals surface area contributed by atoms with Crippen LogP contribution in [-0.2, 0) is 5.41 Å². The van der Waals surface area contributed by atoms with Crippen molar-refractivity contribution in [3.63, 3.8) is 0 Å². The van der Waals surface area contributed by atoms with Crippen molar-refractivity contribution in [2.45, 2.75) is 59.0 Å². The highest BCUT2D eigenvalue weighted by Crippen LogP contribution is 2.26. The van der Waals surface area contributed by atoms with E-state index >= 15 is 0 Å². The molecule has 0 spiro atoms. The molecule has 1 heteroatoms. The number of ether oxygens (including phenoxy) is 1. The number of rotatable bonds is 3. The first-order valence-corrected chi connectivity index (χ1v) is 6.04. The van der Waals surface area contributed by atoms with Crippen molar-refractivity contribution >= 4 is 0 Å². The lowest BCUT2D eigenvalue weighted by Crippen LogP contribution is -2.26. The van der Waals surface area contributed by atoms with Crippen molar-refractivity contribution in [2.75, 3.05) is 0 Å². The zero-order chi connectivity index (χ0) is 12.4. The summed E-state index contributed by atoms with van der Waals surface area (Å²) < 4.78 is 5.92. The van der Waals surface area contributed by atoms with Gasteiger partial charge in [-0.1, -0.05) is 39.8 Å². The lowest BCUT2D eigenvalue weighted by Gasteiger charge is -2.25. The van der Waals surface area contributed by atoms with E-state index < -0.39 is 0 Å². The summed E-state index contributed by atoms with van der Waals surface area (Å²) >= 11 is 0. The lowest BCUT2D eigenvalue weighted by molar-refractivity contribution is 0.105. The molecule has 0 saturated carbocycles. The van der Waals surface area contributed by atoms with Crippen LogP contribution in [0.2, 0.25) is 0 Å². The Morgan fingerprint density at radius 3 is 1.81 bits per heavy atom. The zero-order valence-electron chi connectivity index (χ0n) is 11.4. The van der Waals surface area contributed by atoms with Crippen molar-refractivity contribution in [3.05, 3.63) is 29.8 Å². The third-order valence-corrected chi connectivity index (χ3v) is 2.97. The molecule has 1 aromatic carbocycles. The van der Waals surface area contributed by atoms with Crippen molar-refractivity contribution in [1.29, 1.82) is 0 Å². The molecule has 90 valence electrons. The highest BCUT2D eigenvalue weighted by atomic mass is 16.5. The van der Waals surface area contributed by atoms with Gasteiger partial charge in [0, 0.05) is 0 Å². The Kier molecular flexibility index (Phi) is 3.67. The van der Waals surface area contributed by atoms with E-state index in [1.54, 1.807) is 0 Å². The summed E-state index contributed by atoms with van der Waals surface area (Å²) in [6, 6.07) is 8.44. The van der Waals surface area contributed by atoms with E-state index in [-0.39, 0.29) is 11.0 Å². The first-order chi connectivity index (χ1) is 7.24. The van der Waals surface area contributed by atoms with Crippen LogP contribution in [0.4, 0.5) is 0 Å². The van der Waals surface area contributed by atoms with Crippen molar-refractivity contribution in [3.8, 4) is 5.75 Å². The summed E-state index contributed by atoms with van der Waals surface area (Å²) in [5.41, 5.74) is 1.47. The molecule has 0 aliphatic carbocycles. The Bertz CT molecular complexity index is 327. The number of hydrogen-bond acceptors (Lipinski definition) is 1. The Morgan fingerprint density at radius 1 is 0.938 bits per heavy atom. The Balaban J connectivity index is 2.80. The second-order valence-electron chi connectivity index (χ2n) is 5.99. The van der Waals surface area contributed by atoms with Gasteiger partial charge in [-0.3, -0.25) is 0 Å². The van der Waals surface area contributed by atoms with E-state index in [9.17, 15) is 0 Å². The minimum atomic E-state index is -0.0801. The molecule has 0 aromatic heterocycles. The third kappa shape index (κ3) is 3.55. The van der Waals surface area contributed by atoms with Gasteiger partial charge >= 0.3 is 0 Å². The molecule has 1 nitrogen and oxygen atoms in total. The highest BCUT2D eigenvalue weighted by Gasteiger charge is 2.17. The predicted molar refractivity (Wildman–Crippen MR) is 70.1 cm³/mol. The van der Waals surface area contributed by atoms with Gasteiger partial charge in [-0.2, -0.15) is 0 Å². The Hall–Kier alpha value is -0.980. The van der Waals surface area contributed by atoms with Crippen LogP contribution in [0.3, 0.4) is 0 Å². The van der Waals surface area contributed by atoms with Crippen LogP contribution in [0.5, 0.6) is 5.75 Å². The molecule has 0 heterocycles. The average Bonchev–Trinajstić information content (AvgIpc) is 2.16. The quantitative estimate of drug-likeness (QED) is 0.726. The van der Waals surface area contributed by atoms with Gasteiger partial charge in [-0.05, 0) is 43.4 Å². The zero-order valence-corrected chi connectivity index (χ0v) is 11.4. The molecule has 0 atom stereocenters. The van der Waals surface area contributed by atoms with Crippen LogP contribution in [0.15, 0.2) is 24.3 Å². The maximum atomic E-state index is 5.92. The fourth-order valence-electron chi connectivity index (χ4n) is 1.41. The standard InChI is InChI=1S/C15H24O/c1-7-15(5,6)16-13-10-8-12(9-11-13)14(2,3)4/h8-11H,7H2,1-6H3. The van der Waals surface area contributed by atoms with Gasteiger partial charge in [-0.25, -0.2) is 0 Å². The SMILES string of the molecule is CCC(C)(C)Oc1ccc(C(C)(C)C)cc1. The molecular formula is C15H24O. The maximum absolute atomic E-state index is 5.92. The molecule has 1 aromatic rings. The van der Waals surface area contributed by atoms with Crippen LogP contribution < -0.4 is 4.74 Å². The van der Waals surface area contributed by atoms with Gasteiger partial charge in [-0.15, -0.1) is 0 Å². The van der Waals surface area contributed by atoms with Gasteiger partial charge in [0.25, 0.3) is 0 Å². The molecule has 0 unspecified atom stereocenters. The first-order valence-electron chi connectivity index (χ1n) is 6.04. The summed E-state index contributed by atoms with van der Waals surface area (Å²) in [5.74, 6) is 0.958. The van der Waals surface area contributed by atoms with Crippen LogP contribution in [0.25, 0.3) is 0 Å². The molecule has 0 radical (unpaired) electrons. The second kappa shape index (κ2) is 4.48. The van der Waals surface area contributed by atoms with Gasteiger partial charge in [0.2, 0.25) is 0 Å². The van der Waals surface area contributed by atoms with Crippen LogP contribution >= 0.6 is 0 Å². The van der Waals surface area contributed by atoms with E-state index in [4.69, 9.17) is 4.74 Å². The molecule has 16 heavy (non-hydrogen) atoms. The van der Waals surface area contributed by atoms with E-state index in [0.29, 0.717) is 0 Å². The lowest BCUT2D eigenvalue weighted by atomic mass is 9.87. The Morgan fingerprint density at radius 2 is 1.44 bits per heavy atom. The monoisotopic (exact) mass is 220 g/mol. The number of hydrogen-bond donors (Lipinski definition) is 0. The fraction of sp³-hybridized carbons (Fsp3) is 0.600. The van der Waals surface area contributed by atoms with Gasteiger partial charge in [0.1, 0.15) is 11.4 Å². The minimum absolute atomic E-state index is 0.0801. The van der Waals surface area contributed by atoms with E-state index in [0.717, 1.165) is 12.2 Å². The topological polar surface area (TPSA) is 9.23 Å². The van der Waals surface area contributed by atoms with Gasteiger partial charge < -0.3 is 4.74 Å². The molecule has 0 saturated heterocycles. The average molecular weight is 220 g/mol. The van der Waals surface area contributed by atoms with Gasteiger partial charge in [0.05, 0.1) is 0 Å². The molecule has 0 amide bonds. The van der Waals surface area contributed by atoms with Crippen molar-refractivity contribution in [2.24, 2.45) is 0 Å². The summed E-state index contributed by atoms with van der Waals surface area (Å²) in [6.45, 7) is 13.0. The Labute approximate surface area is 99.8 Å². The molecule has 0 fully saturated rings. The molecule has 0 aliphatic rings. The van der Waals surface area contributed by atoms with E-state index in [1.807, 2.05) is 0 Å². The summed E-state index contributed by atoms with van der Waals surface area (Å²) in [7, 11) is 0. The van der Waals surface area contributed by atoms with Gasteiger partial charge in [0.15, 0.2) is 0 Å². The normalized spacial score (nSPS) is 12.6. The summed E-state index contributed by atoms with van der Waals surface area (Å²) in [5, 5.41) is 0. The van der Waals surface area contributed by atoms with E-state index in [1.165, 1.54) is 5.56 Å². The van der Waals surface area contributed by atoms with Crippen molar-refractivity contribution in [1.82, 2.24) is 0 Å². The first kappa shape index (κ1) is 13.1. The van der Waals surface area contributed by atoms with E-state index in [2.05, 4.69) is 65.8 Å². The highest BCUT2D eigenvalue weighted by molar-refractivity contribution is 5.31. The molecule has 0 N–H and O–H groups in total. The summed E-state index contributed by atoms with van der Waals surface area (Å²) in [4.78, 5) is 0. The van der Waals surface area contributed by atoms with Crippen LogP contribution in [-0.4, -0.2) is 5.60 Å². The third-order valence-electron chi connectivity index (χ3n) is 2.97. The molecule has 0 aliphatic heterocycles. The molecular weight excluding hydrogens is 196 g/mol. The minimum Gasteiger partial charge on any atom is -0.488 e.